The van der Waals surface area contributed by atoms with Gasteiger partial charge in [0.1, 0.15) is 0 Å². The number of hydrogen-bond acceptors (Lipinski definition) is 2. The number of benzene rings is 3. The van der Waals surface area contributed by atoms with Crippen molar-refractivity contribution < 1.29 is 9.53 Å². The second kappa shape index (κ2) is 5.17. The molecule has 3 rings (SSSR count). The Kier molecular flexibility index (Phi) is 3.21. The highest BCUT2D eigenvalue weighted by Gasteiger charge is 1.99. The van der Waals surface area contributed by atoms with Gasteiger partial charge in [-0.05, 0) is 51.4 Å². The minimum Gasteiger partial charge on any atom is -0.466 e. The van der Waals surface area contributed by atoms with Crippen LogP contribution in [0.4, 0.5) is 0 Å². The molecule has 0 fully saturated rings. The molecule has 0 saturated heterocycles. The molecule has 3 aromatic carbocycles. The number of hydrogen-bond donors (Lipinski definition) is 0. The standard InChI is InChI=1S/C18H14O2/c1-20-18(19)9-7-13-6-8-16-11-14-4-2-3-5-15(14)12-17(16)10-13/h2-12H,1H3/b9-7+. The summed E-state index contributed by atoms with van der Waals surface area (Å²) in [6, 6.07) is 18.8. The van der Waals surface area contributed by atoms with E-state index in [-0.39, 0.29) is 5.97 Å². The summed E-state index contributed by atoms with van der Waals surface area (Å²) in [5.74, 6) is -0.344. The van der Waals surface area contributed by atoms with Gasteiger partial charge in [0.05, 0.1) is 7.11 Å². The SMILES string of the molecule is COC(=O)/C=C/c1ccc2cc3ccccc3cc2c1. The smallest absolute Gasteiger partial charge is 0.330 e. The quantitative estimate of drug-likeness (QED) is 0.393. The summed E-state index contributed by atoms with van der Waals surface area (Å²) in [6.45, 7) is 0. The Balaban J connectivity index is 2.08. The van der Waals surface area contributed by atoms with Crippen molar-refractivity contribution in [2.24, 2.45) is 0 Å². The van der Waals surface area contributed by atoms with Crippen molar-refractivity contribution in [3.8, 4) is 0 Å². The Labute approximate surface area is 117 Å². The van der Waals surface area contributed by atoms with E-state index >= 15 is 0 Å². The lowest BCUT2D eigenvalue weighted by Gasteiger charge is -2.03. The van der Waals surface area contributed by atoms with Gasteiger partial charge < -0.3 is 4.74 Å². The van der Waals surface area contributed by atoms with Gasteiger partial charge in [0, 0.05) is 6.08 Å². The van der Waals surface area contributed by atoms with Crippen LogP contribution >= 0.6 is 0 Å². The van der Waals surface area contributed by atoms with Crippen LogP contribution in [-0.4, -0.2) is 13.1 Å². The monoisotopic (exact) mass is 262 g/mol. The lowest BCUT2D eigenvalue weighted by molar-refractivity contribution is -0.134. The summed E-state index contributed by atoms with van der Waals surface area (Å²) in [5, 5.41) is 4.81. The van der Waals surface area contributed by atoms with Crippen LogP contribution in [0.2, 0.25) is 0 Å². The largest absolute Gasteiger partial charge is 0.466 e. The van der Waals surface area contributed by atoms with Gasteiger partial charge in [0.25, 0.3) is 0 Å². The van der Waals surface area contributed by atoms with Crippen molar-refractivity contribution in [3.05, 3.63) is 66.2 Å². The van der Waals surface area contributed by atoms with E-state index in [9.17, 15) is 4.79 Å². The van der Waals surface area contributed by atoms with Crippen LogP contribution in [-0.2, 0) is 9.53 Å². The molecular weight excluding hydrogens is 248 g/mol. The maximum atomic E-state index is 11.1. The molecule has 20 heavy (non-hydrogen) atoms. The van der Waals surface area contributed by atoms with Crippen molar-refractivity contribution in [1.82, 2.24) is 0 Å². The third-order valence-corrected chi connectivity index (χ3v) is 3.34. The summed E-state index contributed by atoms with van der Waals surface area (Å²) in [6.07, 6.45) is 3.20. The number of methoxy groups -OCH3 is 1. The Morgan fingerprint density at radius 2 is 1.55 bits per heavy atom. The van der Waals surface area contributed by atoms with Gasteiger partial charge in [0.15, 0.2) is 0 Å². The summed E-state index contributed by atoms with van der Waals surface area (Å²) in [7, 11) is 1.37. The zero-order chi connectivity index (χ0) is 13.9. The lowest BCUT2D eigenvalue weighted by Crippen LogP contribution is -1.93. The molecule has 0 aliphatic heterocycles. The van der Waals surface area contributed by atoms with Gasteiger partial charge in [-0.15, -0.1) is 0 Å². The molecule has 0 heterocycles. The molecule has 2 nitrogen and oxygen atoms in total. The van der Waals surface area contributed by atoms with Crippen LogP contribution < -0.4 is 0 Å². The highest BCUT2D eigenvalue weighted by molar-refractivity contribution is 5.99. The lowest BCUT2D eigenvalue weighted by atomic mass is 10.0. The third kappa shape index (κ3) is 2.41. The number of ether oxygens (including phenoxy) is 1. The fourth-order valence-electron chi connectivity index (χ4n) is 2.29. The van der Waals surface area contributed by atoms with Crippen LogP contribution in [0, 0.1) is 0 Å². The molecule has 0 radical (unpaired) electrons. The molecule has 0 aliphatic carbocycles. The highest BCUT2D eigenvalue weighted by Crippen LogP contribution is 2.24. The fourth-order valence-corrected chi connectivity index (χ4v) is 2.29. The van der Waals surface area contributed by atoms with Gasteiger partial charge >= 0.3 is 5.97 Å². The number of esters is 1. The Morgan fingerprint density at radius 1 is 0.900 bits per heavy atom. The molecule has 0 aromatic heterocycles. The van der Waals surface area contributed by atoms with E-state index in [1.807, 2.05) is 18.2 Å². The second-order valence-electron chi connectivity index (χ2n) is 4.66. The second-order valence-corrected chi connectivity index (χ2v) is 4.66. The summed E-state index contributed by atoms with van der Waals surface area (Å²) in [5.41, 5.74) is 0.984. The average molecular weight is 262 g/mol. The van der Waals surface area contributed by atoms with Crippen molar-refractivity contribution in [2.75, 3.05) is 7.11 Å². The van der Waals surface area contributed by atoms with Crippen LogP contribution in [0.15, 0.2) is 60.7 Å². The number of carbonyl (C=O) groups excluding carboxylic acids is 1. The molecule has 0 N–H and O–H groups in total. The first-order valence-electron chi connectivity index (χ1n) is 6.45. The average Bonchev–Trinajstić information content (AvgIpc) is 2.50. The number of rotatable bonds is 2. The van der Waals surface area contributed by atoms with Gasteiger partial charge in [-0.25, -0.2) is 4.79 Å². The van der Waals surface area contributed by atoms with Gasteiger partial charge in [0.2, 0.25) is 0 Å². The van der Waals surface area contributed by atoms with Crippen LogP contribution in [0.1, 0.15) is 5.56 Å². The third-order valence-electron chi connectivity index (χ3n) is 3.34. The predicted octanol–water partition coefficient (Wildman–Crippen LogP) is 4.18. The first-order chi connectivity index (χ1) is 9.76. The van der Waals surface area contributed by atoms with E-state index in [4.69, 9.17) is 0 Å². The zero-order valence-electron chi connectivity index (χ0n) is 11.2. The molecule has 0 spiro atoms. The Hall–Kier alpha value is -2.61. The van der Waals surface area contributed by atoms with E-state index in [2.05, 4.69) is 41.1 Å². The van der Waals surface area contributed by atoms with E-state index in [0.29, 0.717) is 0 Å². The number of carbonyl (C=O) groups is 1. The van der Waals surface area contributed by atoms with E-state index in [1.54, 1.807) is 6.08 Å². The summed E-state index contributed by atoms with van der Waals surface area (Å²) in [4.78, 5) is 11.1. The highest BCUT2D eigenvalue weighted by atomic mass is 16.5. The van der Waals surface area contributed by atoms with Gasteiger partial charge in [-0.2, -0.15) is 0 Å². The first kappa shape index (κ1) is 12.4. The maximum absolute atomic E-state index is 11.1. The molecule has 0 aliphatic rings. The Bertz CT molecular complexity index is 816. The molecule has 0 bridgehead atoms. The Morgan fingerprint density at radius 3 is 2.25 bits per heavy atom. The molecule has 0 unspecified atom stereocenters. The molecular formula is C18H14O2. The first-order valence-corrected chi connectivity index (χ1v) is 6.45. The van der Waals surface area contributed by atoms with E-state index in [1.165, 1.54) is 29.3 Å². The maximum Gasteiger partial charge on any atom is 0.330 e. The molecule has 0 saturated carbocycles. The van der Waals surface area contributed by atoms with Gasteiger partial charge in [-0.3, -0.25) is 0 Å². The van der Waals surface area contributed by atoms with Gasteiger partial charge in [-0.1, -0.05) is 36.4 Å². The van der Waals surface area contributed by atoms with Crippen molar-refractivity contribution in [2.45, 2.75) is 0 Å². The number of fused-ring (bicyclic) bond motifs is 2. The molecule has 2 heteroatoms. The molecule has 0 atom stereocenters. The van der Waals surface area contributed by atoms with Crippen LogP contribution in [0.5, 0.6) is 0 Å². The summed E-state index contributed by atoms with van der Waals surface area (Å²) >= 11 is 0. The van der Waals surface area contributed by atoms with Crippen molar-refractivity contribution >= 4 is 33.6 Å². The molecule has 0 amide bonds. The predicted molar refractivity (Wildman–Crippen MR) is 82.5 cm³/mol. The molecule has 98 valence electrons. The normalized spacial score (nSPS) is 11.2. The van der Waals surface area contributed by atoms with Crippen LogP contribution in [0.3, 0.4) is 0 Å². The van der Waals surface area contributed by atoms with Crippen molar-refractivity contribution in [1.29, 1.82) is 0 Å². The zero-order valence-corrected chi connectivity index (χ0v) is 11.2. The van der Waals surface area contributed by atoms with E-state index in [0.717, 1.165) is 10.9 Å². The van der Waals surface area contributed by atoms with E-state index < -0.39 is 0 Å². The summed E-state index contributed by atoms with van der Waals surface area (Å²) < 4.78 is 4.59. The molecule has 3 aromatic rings. The topological polar surface area (TPSA) is 26.3 Å². The van der Waals surface area contributed by atoms with Crippen molar-refractivity contribution in [3.63, 3.8) is 0 Å². The minimum absolute atomic E-state index is 0.344. The minimum atomic E-state index is -0.344. The fraction of sp³-hybridized carbons (Fsp3) is 0.0556. The van der Waals surface area contributed by atoms with Crippen LogP contribution in [0.25, 0.3) is 27.6 Å².